The molecule has 0 aromatic heterocycles. The van der Waals surface area contributed by atoms with Gasteiger partial charge >= 0.3 is 6.09 Å². The molecule has 2 rings (SSSR count). The number of nitrogens with zero attached hydrogens (tertiary/aromatic N) is 2. The molecule has 1 atom stereocenters. The smallest absolute Gasteiger partial charge is 0.410 e. The summed E-state index contributed by atoms with van der Waals surface area (Å²) in [5, 5.41) is 0. The normalized spacial score (nSPS) is 19.7. The first-order chi connectivity index (χ1) is 10.9. The zero-order chi connectivity index (χ0) is 16.9. The Balaban J connectivity index is 1.98. The summed E-state index contributed by atoms with van der Waals surface area (Å²) in [6.07, 6.45) is 1.92. The Bertz CT molecular complexity index is 496. The Morgan fingerprint density at radius 2 is 1.91 bits per heavy atom. The number of rotatable bonds is 4. The summed E-state index contributed by atoms with van der Waals surface area (Å²) >= 11 is 0. The second-order valence-electron chi connectivity index (χ2n) is 7.34. The molecule has 1 amide bonds. The highest BCUT2D eigenvalue weighted by Gasteiger charge is 2.32. The monoisotopic (exact) mass is 318 g/mol. The van der Waals surface area contributed by atoms with E-state index in [0.29, 0.717) is 0 Å². The first-order valence-electron chi connectivity index (χ1n) is 8.65. The third-order valence-electron chi connectivity index (χ3n) is 4.07. The van der Waals surface area contributed by atoms with E-state index in [2.05, 4.69) is 36.1 Å². The number of carbonyl (C=O) groups excluding carboxylic acids is 1. The lowest BCUT2D eigenvalue weighted by Crippen LogP contribution is -2.55. The summed E-state index contributed by atoms with van der Waals surface area (Å²) in [6, 6.07) is 10.8. The number of benzene rings is 1. The third kappa shape index (κ3) is 5.54. The Kier molecular flexibility index (Phi) is 6.05. The van der Waals surface area contributed by atoms with Crippen LogP contribution in [0.25, 0.3) is 0 Å². The van der Waals surface area contributed by atoms with Crippen LogP contribution in [0.1, 0.15) is 46.1 Å². The van der Waals surface area contributed by atoms with E-state index >= 15 is 0 Å². The largest absolute Gasteiger partial charge is 0.444 e. The van der Waals surface area contributed by atoms with Gasteiger partial charge in [0.05, 0.1) is 0 Å². The average Bonchev–Trinajstić information content (AvgIpc) is 2.47. The third-order valence-corrected chi connectivity index (χ3v) is 4.07. The molecule has 1 saturated heterocycles. The van der Waals surface area contributed by atoms with E-state index in [9.17, 15) is 4.79 Å². The minimum atomic E-state index is -0.435. The van der Waals surface area contributed by atoms with Gasteiger partial charge in [0, 0.05) is 32.2 Å². The molecular formula is C19H30N2O2. The van der Waals surface area contributed by atoms with Crippen LogP contribution in [-0.2, 0) is 11.3 Å². The summed E-state index contributed by atoms with van der Waals surface area (Å²) in [5.74, 6) is 0. The molecule has 0 radical (unpaired) electrons. The molecule has 1 aliphatic rings. The molecule has 1 heterocycles. The molecule has 4 nitrogen and oxygen atoms in total. The van der Waals surface area contributed by atoms with Crippen molar-refractivity contribution in [3.05, 3.63) is 35.9 Å². The molecule has 0 bridgehead atoms. The lowest BCUT2D eigenvalue weighted by molar-refractivity contribution is -0.00386. The van der Waals surface area contributed by atoms with Gasteiger partial charge in [-0.2, -0.15) is 0 Å². The highest BCUT2D eigenvalue weighted by atomic mass is 16.6. The van der Waals surface area contributed by atoms with Gasteiger partial charge in [-0.25, -0.2) is 4.79 Å². The Labute approximate surface area is 140 Å². The van der Waals surface area contributed by atoms with Gasteiger partial charge in [-0.15, -0.1) is 0 Å². The van der Waals surface area contributed by atoms with Crippen LogP contribution in [-0.4, -0.2) is 47.2 Å². The number of amides is 1. The molecular weight excluding hydrogens is 288 g/mol. The van der Waals surface area contributed by atoms with Crippen LogP contribution < -0.4 is 0 Å². The molecule has 1 fully saturated rings. The van der Waals surface area contributed by atoms with E-state index in [-0.39, 0.29) is 12.1 Å². The van der Waals surface area contributed by atoms with Crippen LogP contribution in [0.15, 0.2) is 30.3 Å². The molecule has 0 spiro atoms. The van der Waals surface area contributed by atoms with Gasteiger partial charge in [0.25, 0.3) is 0 Å². The highest BCUT2D eigenvalue weighted by Crippen LogP contribution is 2.20. The summed E-state index contributed by atoms with van der Waals surface area (Å²) in [4.78, 5) is 16.8. The van der Waals surface area contributed by atoms with Crippen molar-refractivity contribution in [2.75, 3.05) is 19.6 Å². The van der Waals surface area contributed by atoms with Gasteiger partial charge in [0.1, 0.15) is 5.60 Å². The van der Waals surface area contributed by atoms with Crippen LogP contribution in [0, 0.1) is 0 Å². The predicted octanol–water partition coefficient (Wildman–Crippen LogP) is 3.91. The first-order valence-corrected chi connectivity index (χ1v) is 8.65. The molecule has 1 aromatic carbocycles. The molecule has 0 saturated carbocycles. The van der Waals surface area contributed by atoms with E-state index < -0.39 is 5.60 Å². The Morgan fingerprint density at radius 1 is 1.22 bits per heavy atom. The number of carbonyl (C=O) groups is 1. The van der Waals surface area contributed by atoms with Crippen molar-refractivity contribution in [3.8, 4) is 0 Å². The number of ether oxygens (including phenoxy) is 1. The summed E-state index contributed by atoms with van der Waals surface area (Å²) in [6.45, 7) is 11.4. The standard InChI is InChI=1S/C19H30N2O2/c1-5-9-17-15-20(14-16-10-7-6-8-11-16)12-13-21(17)18(22)23-19(2,3)4/h6-8,10-11,17H,5,9,12-15H2,1-4H3. The predicted molar refractivity (Wildman–Crippen MR) is 93.4 cm³/mol. The van der Waals surface area contributed by atoms with Crippen molar-refractivity contribution in [2.45, 2.75) is 58.7 Å². The van der Waals surface area contributed by atoms with E-state index in [1.165, 1.54) is 5.56 Å². The van der Waals surface area contributed by atoms with Gasteiger partial charge in [-0.05, 0) is 32.8 Å². The van der Waals surface area contributed by atoms with Crippen molar-refractivity contribution in [3.63, 3.8) is 0 Å². The molecule has 4 heteroatoms. The number of hydrogen-bond donors (Lipinski definition) is 0. The van der Waals surface area contributed by atoms with Crippen LogP contribution in [0.5, 0.6) is 0 Å². The molecule has 23 heavy (non-hydrogen) atoms. The first kappa shape index (κ1) is 17.8. The quantitative estimate of drug-likeness (QED) is 0.844. The fourth-order valence-electron chi connectivity index (χ4n) is 3.05. The summed E-state index contributed by atoms with van der Waals surface area (Å²) in [7, 11) is 0. The van der Waals surface area contributed by atoms with Gasteiger partial charge in [-0.1, -0.05) is 43.7 Å². The second-order valence-corrected chi connectivity index (χ2v) is 7.34. The number of hydrogen-bond acceptors (Lipinski definition) is 3. The molecule has 1 aliphatic heterocycles. The van der Waals surface area contributed by atoms with Gasteiger partial charge < -0.3 is 9.64 Å². The van der Waals surface area contributed by atoms with Crippen LogP contribution in [0.3, 0.4) is 0 Å². The van der Waals surface area contributed by atoms with Gasteiger partial charge in [-0.3, -0.25) is 4.90 Å². The molecule has 128 valence electrons. The fraction of sp³-hybridized carbons (Fsp3) is 0.632. The zero-order valence-corrected chi connectivity index (χ0v) is 14.9. The van der Waals surface area contributed by atoms with E-state index in [0.717, 1.165) is 39.0 Å². The molecule has 0 N–H and O–H groups in total. The van der Waals surface area contributed by atoms with Crippen molar-refractivity contribution in [1.82, 2.24) is 9.80 Å². The maximum atomic E-state index is 12.4. The SMILES string of the molecule is CCCC1CN(Cc2ccccc2)CCN1C(=O)OC(C)(C)C. The van der Waals surface area contributed by atoms with Crippen LogP contribution in [0.2, 0.25) is 0 Å². The van der Waals surface area contributed by atoms with Crippen molar-refractivity contribution < 1.29 is 9.53 Å². The lowest BCUT2D eigenvalue weighted by atomic mass is 10.1. The van der Waals surface area contributed by atoms with E-state index in [4.69, 9.17) is 4.74 Å². The molecule has 0 aliphatic carbocycles. The Morgan fingerprint density at radius 3 is 2.52 bits per heavy atom. The topological polar surface area (TPSA) is 32.8 Å². The lowest BCUT2D eigenvalue weighted by Gasteiger charge is -2.41. The fourth-order valence-corrected chi connectivity index (χ4v) is 3.05. The van der Waals surface area contributed by atoms with Crippen LogP contribution >= 0.6 is 0 Å². The number of piperazine rings is 1. The molecule has 1 aromatic rings. The summed E-state index contributed by atoms with van der Waals surface area (Å²) < 4.78 is 5.58. The van der Waals surface area contributed by atoms with Crippen molar-refractivity contribution in [1.29, 1.82) is 0 Å². The van der Waals surface area contributed by atoms with E-state index in [1.54, 1.807) is 0 Å². The van der Waals surface area contributed by atoms with Gasteiger partial charge in [0.2, 0.25) is 0 Å². The average molecular weight is 318 g/mol. The van der Waals surface area contributed by atoms with Crippen molar-refractivity contribution >= 4 is 6.09 Å². The Hall–Kier alpha value is -1.55. The minimum Gasteiger partial charge on any atom is -0.444 e. The zero-order valence-electron chi connectivity index (χ0n) is 14.9. The van der Waals surface area contributed by atoms with E-state index in [1.807, 2.05) is 31.7 Å². The van der Waals surface area contributed by atoms with Crippen molar-refractivity contribution in [2.24, 2.45) is 0 Å². The highest BCUT2D eigenvalue weighted by molar-refractivity contribution is 5.68. The maximum absolute atomic E-state index is 12.4. The second kappa shape index (κ2) is 7.82. The van der Waals surface area contributed by atoms with Crippen LogP contribution in [0.4, 0.5) is 4.79 Å². The minimum absolute atomic E-state index is 0.171. The molecule has 1 unspecified atom stereocenters. The van der Waals surface area contributed by atoms with Gasteiger partial charge in [0.15, 0.2) is 0 Å². The maximum Gasteiger partial charge on any atom is 0.410 e. The summed E-state index contributed by atoms with van der Waals surface area (Å²) in [5.41, 5.74) is 0.892.